The normalized spacial score (nSPS) is 22.9. The Morgan fingerprint density at radius 2 is 1.77 bits per heavy atom. The number of carbonyl (C=O) groups excluding carboxylic acids is 2. The van der Waals surface area contributed by atoms with Crippen LogP contribution < -0.4 is 4.90 Å². The largest absolute Gasteiger partial charge is 0.361 e. The molecule has 1 aromatic carbocycles. The standard InChI is InChI=1S/C36H48N4O3Si/c1-26(2)31-33(41)40(36(38-31)16-8-6-7-9-17-36)19-11-12-27-14-15-28-23-35(24-29(28)22-27)30-13-10-18-37-32(30)39(34(35)42)25-43-20-21-44(3,4)5/h10-15,18,22,26H,6-9,16-17,19-21,23-25H2,1-5H3/b12-11+/t35-/m1/s1. The molecule has 1 atom stereocenters. The highest BCUT2D eigenvalue weighted by atomic mass is 28.3. The van der Waals surface area contributed by atoms with Gasteiger partial charge in [-0.3, -0.25) is 19.5 Å². The van der Waals surface area contributed by atoms with E-state index in [4.69, 9.17) is 9.73 Å². The zero-order chi connectivity index (χ0) is 31.1. The van der Waals surface area contributed by atoms with Crippen LogP contribution in [0, 0.1) is 5.92 Å². The lowest BCUT2D eigenvalue weighted by atomic mass is 9.79. The third-order valence-electron chi connectivity index (χ3n) is 9.99. The van der Waals surface area contributed by atoms with Crippen LogP contribution in [-0.2, 0) is 32.6 Å². The van der Waals surface area contributed by atoms with E-state index in [-0.39, 0.29) is 30.1 Å². The predicted molar refractivity (Wildman–Crippen MR) is 180 cm³/mol. The highest BCUT2D eigenvalue weighted by Crippen LogP contribution is 2.49. The second kappa shape index (κ2) is 12.0. The summed E-state index contributed by atoms with van der Waals surface area (Å²) in [5, 5.41) is 0. The Kier molecular flexibility index (Phi) is 8.43. The summed E-state index contributed by atoms with van der Waals surface area (Å²) >= 11 is 0. The van der Waals surface area contributed by atoms with Gasteiger partial charge >= 0.3 is 0 Å². The van der Waals surface area contributed by atoms with Gasteiger partial charge in [0.05, 0.1) is 5.41 Å². The second-order valence-corrected chi connectivity index (χ2v) is 20.4. The van der Waals surface area contributed by atoms with E-state index in [2.05, 4.69) is 74.9 Å². The van der Waals surface area contributed by atoms with Crippen molar-refractivity contribution in [3.8, 4) is 0 Å². The summed E-state index contributed by atoms with van der Waals surface area (Å²) in [5.41, 5.74) is 4.25. The van der Waals surface area contributed by atoms with E-state index >= 15 is 0 Å². The molecule has 1 aromatic heterocycles. The first-order valence-corrected chi connectivity index (χ1v) is 20.3. The lowest BCUT2D eigenvalue weighted by Gasteiger charge is -2.35. The number of aromatic nitrogens is 1. The molecule has 234 valence electrons. The van der Waals surface area contributed by atoms with Gasteiger partial charge in [0.15, 0.2) is 0 Å². The molecule has 8 heteroatoms. The number of amides is 2. The summed E-state index contributed by atoms with van der Waals surface area (Å²) in [6, 6.07) is 11.6. The van der Waals surface area contributed by atoms with Crippen molar-refractivity contribution in [2.24, 2.45) is 10.9 Å². The highest BCUT2D eigenvalue weighted by molar-refractivity contribution is 6.76. The number of hydrogen-bond acceptors (Lipinski definition) is 5. The summed E-state index contributed by atoms with van der Waals surface area (Å²) in [6.45, 7) is 12.6. The van der Waals surface area contributed by atoms with Crippen LogP contribution in [0.3, 0.4) is 0 Å². The minimum absolute atomic E-state index is 0.0923. The number of ether oxygens (including phenoxy) is 1. The number of carbonyl (C=O) groups is 2. The Morgan fingerprint density at radius 3 is 2.50 bits per heavy atom. The van der Waals surface area contributed by atoms with Crippen molar-refractivity contribution in [3.05, 3.63) is 64.9 Å². The van der Waals surface area contributed by atoms with E-state index < -0.39 is 13.5 Å². The SMILES string of the molecule is CC(C)C1=NC2(CCCCCC2)N(C/C=C/c2ccc3c(c2)C[C@@]2(C3)C(=O)N(COCC[Si](C)(C)C)c3ncccc32)C1=O. The molecule has 1 fully saturated rings. The maximum Gasteiger partial charge on any atom is 0.270 e. The van der Waals surface area contributed by atoms with Crippen LogP contribution in [-0.4, -0.2) is 61.0 Å². The van der Waals surface area contributed by atoms with Gasteiger partial charge in [-0.05, 0) is 67.3 Å². The number of aliphatic imine (C=N–C) groups is 1. The number of fused-ring (bicyclic) bond motifs is 3. The Labute approximate surface area is 263 Å². The van der Waals surface area contributed by atoms with Gasteiger partial charge in [0.2, 0.25) is 5.91 Å². The molecule has 1 saturated carbocycles. The molecule has 7 nitrogen and oxygen atoms in total. The molecule has 2 aromatic rings. The Hall–Kier alpha value is -3.10. The van der Waals surface area contributed by atoms with E-state index in [0.29, 0.717) is 26.0 Å². The number of hydrogen-bond donors (Lipinski definition) is 0. The van der Waals surface area contributed by atoms with Crippen molar-refractivity contribution in [2.75, 3.05) is 24.8 Å². The molecule has 0 saturated heterocycles. The fraction of sp³-hybridized carbons (Fsp3) is 0.556. The molecule has 0 N–H and O–H groups in total. The molecular formula is C36H48N4O3Si. The fourth-order valence-corrected chi connectivity index (χ4v) is 8.27. The first-order chi connectivity index (χ1) is 21.0. The molecule has 0 unspecified atom stereocenters. The number of nitrogens with zero attached hydrogens (tertiary/aromatic N) is 4. The smallest absolute Gasteiger partial charge is 0.270 e. The molecule has 0 bridgehead atoms. The van der Waals surface area contributed by atoms with Crippen LogP contribution in [0.2, 0.25) is 25.7 Å². The van der Waals surface area contributed by atoms with Crippen molar-refractivity contribution in [2.45, 2.75) is 102 Å². The van der Waals surface area contributed by atoms with Crippen LogP contribution >= 0.6 is 0 Å². The van der Waals surface area contributed by atoms with E-state index in [0.717, 1.165) is 54.4 Å². The van der Waals surface area contributed by atoms with Crippen molar-refractivity contribution >= 4 is 37.5 Å². The Morgan fingerprint density at radius 1 is 1.02 bits per heavy atom. The number of benzene rings is 1. The van der Waals surface area contributed by atoms with Crippen LogP contribution in [0.1, 0.15) is 74.6 Å². The fourth-order valence-electron chi connectivity index (χ4n) is 7.51. The number of anilines is 1. The summed E-state index contributed by atoms with van der Waals surface area (Å²) in [7, 11) is -1.22. The first-order valence-electron chi connectivity index (χ1n) is 16.6. The first kappa shape index (κ1) is 30.9. The van der Waals surface area contributed by atoms with Gasteiger partial charge in [0.1, 0.15) is 23.9 Å². The average Bonchev–Trinajstić information content (AvgIpc) is 3.48. The van der Waals surface area contributed by atoms with E-state index in [1.807, 2.05) is 11.0 Å². The van der Waals surface area contributed by atoms with E-state index in [1.54, 1.807) is 11.1 Å². The minimum Gasteiger partial charge on any atom is -0.361 e. The molecule has 2 aliphatic carbocycles. The van der Waals surface area contributed by atoms with Gasteiger partial charge in [-0.1, -0.05) is 82.7 Å². The Balaban J connectivity index is 1.17. The van der Waals surface area contributed by atoms with Crippen molar-refractivity contribution in [3.63, 3.8) is 0 Å². The quantitative estimate of drug-likeness (QED) is 0.231. The average molecular weight is 613 g/mol. The molecule has 3 heterocycles. The summed E-state index contributed by atoms with van der Waals surface area (Å²) in [6.07, 6.45) is 13.9. The van der Waals surface area contributed by atoms with Crippen molar-refractivity contribution in [1.82, 2.24) is 9.88 Å². The third-order valence-corrected chi connectivity index (χ3v) is 11.7. The lowest BCUT2D eigenvalue weighted by Crippen LogP contribution is -2.46. The van der Waals surface area contributed by atoms with Crippen LogP contribution in [0.25, 0.3) is 6.08 Å². The molecule has 2 amide bonds. The molecular weight excluding hydrogens is 565 g/mol. The van der Waals surface area contributed by atoms with E-state index in [9.17, 15) is 9.59 Å². The van der Waals surface area contributed by atoms with Gasteiger partial charge in [-0.15, -0.1) is 0 Å². The highest BCUT2D eigenvalue weighted by Gasteiger charge is 2.54. The summed E-state index contributed by atoms with van der Waals surface area (Å²) in [4.78, 5) is 41.1. The minimum atomic E-state index is -1.22. The molecule has 4 aliphatic rings. The number of pyridine rings is 1. The number of rotatable bonds is 9. The van der Waals surface area contributed by atoms with Gasteiger partial charge in [0, 0.05) is 38.9 Å². The monoisotopic (exact) mass is 612 g/mol. The molecule has 6 rings (SSSR count). The third kappa shape index (κ3) is 5.71. The second-order valence-electron chi connectivity index (χ2n) is 14.8. The van der Waals surface area contributed by atoms with Crippen LogP contribution in [0.4, 0.5) is 5.82 Å². The maximum absolute atomic E-state index is 14.1. The molecule has 2 spiro atoms. The summed E-state index contributed by atoms with van der Waals surface area (Å²) < 4.78 is 6.04. The van der Waals surface area contributed by atoms with Crippen LogP contribution in [0.5, 0.6) is 0 Å². The molecule has 44 heavy (non-hydrogen) atoms. The zero-order valence-electron chi connectivity index (χ0n) is 27.2. The topological polar surface area (TPSA) is 75.1 Å². The predicted octanol–water partition coefficient (Wildman–Crippen LogP) is 6.78. The van der Waals surface area contributed by atoms with Gasteiger partial charge in [-0.2, -0.15) is 0 Å². The van der Waals surface area contributed by atoms with Gasteiger partial charge < -0.3 is 9.64 Å². The molecule has 0 radical (unpaired) electrons. The lowest BCUT2D eigenvalue weighted by molar-refractivity contribution is -0.127. The maximum atomic E-state index is 14.1. The van der Waals surface area contributed by atoms with Gasteiger partial charge in [-0.25, -0.2) is 4.98 Å². The summed E-state index contributed by atoms with van der Waals surface area (Å²) in [5.74, 6) is 1.06. The zero-order valence-corrected chi connectivity index (χ0v) is 28.2. The van der Waals surface area contributed by atoms with Crippen molar-refractivity contribution in [1.29, 1.82) is 0 Å². The van der Waals surface area contributed by atoms with Gasteiger partial charge in [0.25, 0.3) is 5.91 Å². The van der Waals surface area contributed by atoms with Crippen molar-refractivity contribution < 1.29 is 14.3 Å². The van der Waals surface area contributed by atoms with Crippen LogP contribution in [0.15, 0.2) is 47.6 Å². The molecule has 2 aliphatic heterocycles. The Bertz CT molecular complexity index is 1480. The van der Waals surface area contributed by atoms with E-state index in [1.165, 1.54) is 24.0 Å².